The molecule has 19 heavy (non-hydrogen) atoms. The van der Waals surface area contributed by atoms with E-state index < -0.39 is 5.60 Å². The first-order chi connectivity index (χ1) is 9.02. The largest absolute Gasteiger partial charge is 0.497 e. The number of ether oxygens (including phenoxy) is 2. The highest BCUT2D eigenvalue weighted by atomic mass is 16.5. The van der Waals surface area contributed by atoms with Crippen LogP contribution in [-0.4, -0.2) is 36.1 Å². The van der Waals surface area contributed by atoms with Crippen LogP contribution in [0.15, 0.2) is 18.2 Å². The molecular weight excluding hydrogens is 244 g/mol. The van der Waals surface area contributed by atoms with Crippen LogP contribution in [0.3, 0.4) is 0 Å². The highest BCUT2D eigenvalue weighted by Gasteiger charge is 2.19. The lowest BCUT2D eigenvalue weighted by atomic mass is 10.0. The smallest absolute Gasteiger partial charge is 0.122 e. The summed E-state index contributed by atoms with van der Waals surface area (Å²) < 4.78 is 10.9. The number of aliphatic hydroxyl groups excluding tert-OH is 1. The summed E-state index contributed by atoms with van der Waals surface area (Å²) in [7, 11) is 1.64. The first kappa shape index (κ1) is 15.8. The molecule has 1 aromatic rings. The van der Waals surface area contributed by atoms with Gasteiger partial charge in [-0.05, 0) is 37.1 Å². The molecule has 0 aliphatic carbocycles. The average molecular weight is 268 g/mol. The minimum Gasteiger partial charge on any atom is -0.497 e. The van der Waals surface area contributed by atoms with Gasteiger partial charge < -0.3 is 19.7 Å². The minimum absolute atomic E-state index is 0.263. The second kappa shape index (κ2) is 7.36. The van der Waals surface area contributed by atoms with Gasteiger partial charge in [0.25, 0.3) is 0 Å². The lowest BCUT2D eigenvalue weighted by Crippen LogP contribution is -2.31. The van der Waals surface area contributed by atoms with E-state index >= 15 is 0 Å². The molecule has 1 atom stereocenters. The third-order valence-corrected chi connectivity index (χ3v) is 3.03. The molecule has 0 fully saturated rings. The molecule has 1 rings (SSSR count). The Morgan fingerprint density at radius 2 is 2.05 bits per heavy atom. The molecule has 0 saturated heterocycles. The van der Waals surface area contributed by atoms with Crippen LogP contribution in [-0.2, 0) is 6.42 Å². The fraction of sp³-hybridized carbons (Fsp3) is 0.600. The number of rotatable bonds is 8. The summed E-state index contributed by atoms with van der Waals surface area (Å²) in [5.41, 5.74) is 0.0164. The van der Waals surface area contributed by atoms with Gasteiger partial charge in [-0.1, -0.05) is 13.3 Å². The van der Waals surface area contributed by atoms with Crippen molar-refractivity contribution in [3.63, 3.8) is 0 Å². The molecule has 0 unspecified atom stereocenters. The van der Waals surface area contributed by atoms with Crippen molar-refractivity contribution in [1.29, 1.82) is 0 Å². The minimum atomic E-state index is -1.09. The van der Waals surface area contributed by atoms with E-state index in [0.717, 1.165) is 29.9 Å². The zero-order valence-corrected chi connectivity index (χ0v) is 12.0. The van der Waals surface area contributed by atoms with Crippen LogP contribution in [0.5, 0.6) is 11.5 Å². The maximum Gasteiger partial charge on any atom is 0.122 e. The van der Waals surface area contributed by atoms with Crippen LogP contribution >= 0.6 is 0 Å². The van der Waals surface area contributed by atoms with Gasteiger partial charge in [0, 0.05) is 6.42 Å². The average Bonchev–Trinajstić information content (AvgIpc) is 2.40. The molecule has 0 aliphatic rings. The lowest BCUT2D eigenvalue weighted by molar-refractivity contribution is -0.0140. The second-order valence-electron chi connectivity index (χ2n) is 4.98. The van der Waals surface area contributed by atoms with E-state index in [-0.39, 0.29) is 6.61 Å². The molecule has 2 N–H and O–H groups in total. The standard InChI is InChI=1S/C15H24O4/c1-4-5-12-10-13(18-3)6-7-14(12)19-9-8-15(2,17)11-16/h6-7,10,16-17H,4-5,8-9,11H2,1-3H3/t15-/m0/s1. The van der Waals surface area contributed by atoms with Gasteiger partial charge >= 0.3 is 0 Å². The van der Waals surface area contributed by atoms with Crippen LogP contribution in [0.1, 0.15) is 32.3 Å². The zero-order valence-electron chi connectivity index (χ0n) is 12.0. The summed E-state index contributed by atoms with van der Waals surface area (Å²) in [6.07, 6.45) is 2.34. The molecule has 0 amide bonds. The van der Waals surface area contributed by atoms with E-state index in [0.29, 0.717) is 13.0 Å². The highest BCUT2D eigenvalue weighted by molar-refractivity contribution is 5.40. The van der Waals surface area contributed by atoms with Crippen molar-refractivity contribution in [2.75, 3.05) is 20.3 Å². The fourth-order valence-corrected chi connectivity index (χ4v) is 1.75. The Hall–Kier alpha value is -1.26. The quantitative estimate of drug-likeness (QED) is 0.758. The third-order valence-electron chi connectivity index (χ3n) is 3.03. The van der Waals surface area contributed by atoms with Gasteiger partial charge in [-0.25, -0.2) is 0 Å². The summed E-state index contributed by atoms with van der Waals surface area (Å²) in [5.74, 6) is 1.63. The summed E-state index contributed by atoms with van der Waals surface area (Å²) in [4.78, 5) is 0. The van der Waals surface area contributed by atoms with Crippen molar-refractivity contribution in [2.24, 2.45) is 0 Å². The van der Waals surface area contributed by atoms with E-state index in [4.69, 9.17) is 14.6 Å². The summed E-state index contributed by atoms with van der Waals surface area (Å²) in [6, 6.07) is 5.72. The van der Waals surface area contributed by atoms with Gasteiger partial charge in [-0.15, -0.1) is 0 Å². The molecule has 108 valence electrons. The Bertz CT molecular complexity index is 388. The Morgan fingerprint density at radius 1 is 1.32 bits per heavy atom. The SMILES string of the molecule is CCCc1cc(OC)ccc1OCC[C@](C)(O)CO. The number of benzene rings is 1. The molecule has 0 radical (unpaired) electrons. The highest BCUT2D eigenvalue weighted by Crippen LogP contribution is 2.26. The number of aliphatic hydroxyl groups is 2. The molecular formula is C15H24O4. The molecule has 0 aliphatic heterocycles. The molecule has 0 bridgehead atoms. The van der Waals surface area contributed by atoms with Gasteiger partial charge in [0.15, 0.2) is 0 Å². The number of methoxy groups -OCH3 is 1. The molecule has 4 nitrogen and oxygen atoms in total. The summed E-state index contributed by atoms with van der Waals surface area (Å²) in [5, 5.41) is 18.7. The zero-order chi connectivity index (χ0) is 14.3. The molecule has 0 aromatic heterocycles. The first-order valence-corrected chi connectivity index (χ1v) is 6.65. The third kappa shape index (κ3) is 5.09. The van der Waals surface area contributed by atoms with Gasteiger partial charge in [0.05, 0.1) is 25.9 Å². The Morgan fingerprint density at radius 3 is 2.63 bits per heavy atom. The van der Waals surface area contributed by atoms with Crippen LogP contribution in [0.25, 0.3) is 0 Å². The van der Waals surface area contributed by atoms with Crippen molar-refractivity contribution in [3.05, 3.63) is 23.8 Å². The van der Waals surface area contributed by atoms with E-state index in [1.165, 1.54) is 0 Å². The van der Waals surface area contributed by atoms with Crippen molar-refractivity contribution in [3.8, 4) is 11.5 Å². The fourth-order valence-electron chi connectivity index (χ4n) is 1.75. The maximum atomic E-state index is 9.71. The topological polar surface area (TPSA) is 58.9 Å². The molecule has 0 heterocycles. The van der Waals surface area contributed by atoms with Gasteiger partial charge in [0.2, 0.25) is 0 Å². The van der Waals surface area contributed by atoms with Gasteiger partial charge in [-0.2, -0.15) is 0 Å². The van der Waals surface area contributed by atoms with Crippen molar-refractivity contribution >= 4 is 0 Å². The van der Waals surface area contributed by atoms with Crippen LogP contribution < -0.4 is 9.47 Å². The summed E-state index contributed by atoms with van der Waals surface area (Å²) >= 11 is 0. The Kier molecular flexibility index (Phi) is 6.12. The van der Waals surface area contributed by atoms with Crippen LogP contribution in [0.4, 0.5) is 0 Å². The predicted octanol–water partition coefficient (Wildman–Crippen LogP) is 2.16. The van der Waals surface area contributed by atoms with Crippen molar-refractivity contribution in [2.45, 2.75) is 38.7 Å². The number of hydrogen-bond acceptors (Lipinski definition) is 4. The monoisotopic (exact) mass is 268 g/mol. The summed E-state index contributed by atoms with van der Waals surface area (Å²) in [6.45, 7) is 3.81. The van der Waals surface area contributed by atoms with E-state index in [1.807, 2.05) is 18.2 Å². The van der Waals surface area contributed by atoms with Crippen molar-refractivity contribution in [1.82, 2.24) is 0 Å². The molecule has 0 saturated carbocycles. The molecule has 4 heteroatoms. The van der Waals surface area contributed by atoms with E-state index in [2.05, 4.69) is 6.92 Å². The van der Waals surface area contributed by atoms with Gasteiger partial charge in [0.1, 0.15) is 11.5 Å². The number of aryl methyl sites for hydroxylation is 1. The maximum absolute atomic E-state index is 9.71. The predicted molar refractivity (Wildman–Crippen MR) is 74.8 cm³/mol. The Labute approximate surface area is 115 Å². The van der Waals surface area contributed by atoms with Crippen LogP contribution in [0, 0.1) is 0 Å². The lowest BCUT2D eigenvalue weighted by Gasteiger charge is -2.20. The van der Waals surface area contributed by atoms with E-state index in [9.17, 15) is 5.11 Å². The second-order valence-corrected chi connectivity index (χ2v) is 4.98. The first-order valence-electron chi connectivity index (χ1n) is 6.65. The number of hydrogen-bond donors (Lipinski definition) is 2. The van der Waals surface area contributed by atoms with Crippen molar-refractivity contribution < 1.29 is 19.7 Å². The van der Waals surface area contributed by atoms with Crippen LogP contribution in [0.2, 0.25) is 0 Å². The molecule has 0 spiro atoms. The van der Waals surface area contributed by atoms with E-state index in [1.54, 1.807) is 14.0 Å². The normalized spacial score (nSPS) is 13.9. The van der Waals surface area contributed by atoms with Gasteiger partial charge in [-0.3, -0.25) is 0 Å². The Balaban J connectivity index is 2.66. The molecule has 1 aromatic carbocycles.